The molecule has 0 fully saturated rings. The maximum absolute atomic E-state index is 13.1. The molecule has 0 heterocycles. The molecular formula is C26H28N2O10Se2. The van der Waals surface area contributed by atoms with Crippen molar-refractivity contribution in [1.82, 2.24) is 10.6 Å². The molecule has 40 heavy (non-hydrogen) atoms. The Bertz CT molecular complexity index is 1160. The van der Waals surface area contributed by atoms with Crippen molar-refractivity contribution in [3.63, 3.8) is 0 Å². The summed E-state index contributed by atoms with van der Waals surface area (Å²) in [4.78, 5) is 73.8. The average Bonchev–Trinajstić information content (AvgIpc) is 2.98. The first kappa shape index (κ1) is 32.5. The molecule has 2 aromatic carbocycles. The van der Waals surface area contributed by atoms with Gasteiger partial charge in [0, 0.05) is 0 Å². The number of benzene rings is 2. The molecule has 0 saturated heterocycles. The number of ether oxygens (including phenoxy) is 4. The van der Waals surface area contributed by atoms with Gasteiger partial charge in [0.1, 0.15) is 0 Å². The van der Waals surface area contributed by atoms with E-state index in [1.165, 1.54) is 14.2 Å². The number of carbonyl (C=O) groups excluding carboxylic acids is 6. The molecule has 12 nitrogen and oxygen atoms in total. The summed E-state index contributed by atoms with van der Waals surface area (Å²) in [5.74, 6) is -4.09. The maximum atomic E-state index is 13.1. The summed E-state index contributed by atoms with van der Waals surface area (Å²) in [6.07, 6.45) is -0.783. The quantitative estimate of drug-likeness (QED) is 0.146. The number of esters is 4. The second kappa shape index (κ2) is 16.4. The summed E-state index contributed by atoms with van der Waals surface area (Å²) in [7, 11) is 4.64. The fraction of sp³-hybridized carbons (Fsp3) is 0.308. The Morgan fingerprint density at radius 3 is 1.27 bits per heavy atom. The molecule has 0 saturated carbocycles. The number of nitrogens with one attached hydrogen (secondary N) is 2. The van der Waals surface area contributed by atoms with Crippen molar-refractivity contribution < 1.29 is 47.7 Å². The van der Waals surface area contributed by atoms with Crippen molar-refractivity contribution in [1.29, 1.82) is 0 Å². The Hall–Kier alpha value is -3.70. The van der Waals surface area contributed by atoms with E-state index >= 15 is 0 Å². The van der Waals surface area contributed by atoms with Crippen LogP contribution in [-0.2, 0) is 38.1 Å². The molecule has 0 aliphatic heterocycles. The van der Waals surface area contributed by atoms with Gasteiger partial charge >= 0.3 is 242 Å². The van der Waals surface area contributed by atoms with Gasteiger partial charge in [0.05, 0.1) is 0 Å². The summed E-state index contributed by atoms with van der Waals surface area (Å²) < 4.78 is 20.0. The third-order valence-corrected chi connectivity index (χ3v) is 12.5. The van der Waals surface area contributed by atoms with Crippen LogP contribution in [0.25, 0.3) is 0 Å². The number of rotatable bonds is 13. The summed E-state index contributed by atoms with van der Waals surface area (Å²) in [6, 6.07) is 11.2. The Morgan fingerprint density at radius 1 is 0.600 bits per heavy atom. The van der Waals surface area contributed by atoms with E-state index in [0.717, 1.165) is 14.2 Å². The molecular weight excluding hydrogens is 658 g/mol. The standard InChI is InChI=1S/C26H28N2O10Se2/c1-35-21(29)13-17(25(33)37-3)27-23(31)15-9-5-7-11-19(15)39-40-20-12-8-6-10-16(20)24(32)28-18(26(34)38-4)14-22(30)36-2/h5-12,17-18H,13-14H2,1-4H3,(H,27,31)(H,28,32). The van der Waals surface area contributed by atoms with Crippen molar-refractivity contribution >= 4 is 70.9 Å². The summed E-state index contributed by atoms with van der Waals surface area (Å²) in [5, 5.41) is 5.06. The monoisotopic (exact) mass is 688 g/mol. The van der Waals surface area contributed by atoms with Crippen molar-refractivity contribution in [2.24, 2.45) is 0 Å². The molecule has 0 bridgehead atoms. The van der Waals surface area contributed by atoms with E-state index in [1.54, 1.807) is 48.5 Å². The van der Waals surface area contributed by atoms with Gasteiger partial charge in [-0.25, -0.2) is 0 Å². The first-order chi connectivity index (χ1) is 19.1. The second-order valence-corrected chi connectivity index (χ2v) is 14.0. The minimum absolute atomic E-state index is 0.297. The molecule has 2 aromatic rings. The first-order valence-corrected chi connectivity index (χ1v) is 17.6. The van der Waals surface area contributed by atoms with Crippen LogP contribution in [0.1, 0.15) is 33.6 Å². The first-order valence-electron chi connectivity index (χ1n) is 11.6. The molecule has 2 atom stereocenters. The van der Waals surface area contributed by atoms with Crippen LogP contribution >= 0.6 is 0 Å². The SMILES string of the molecule is COC(=O)CC(NC(=O)c1ccccc1[Se][Se]c1ccccc1C(=O)NC(CC(=O)OC)C(=O)OC)C(=O)OC. The number of carbonyl (C=O) groups is 6. The predicted octanol–water partition coefficient (Wildman–Crippen LogP) is -1.37. The fourth-order valence-corrected chi connectivity index (χ4v) is 10.3. The van der Waals surface area contributed by atoms with E-state index in [1.807, 2.05) is 0 Å². The summed E-state index contributed by atoms with van der Waals surface area (Å²) in [5.41, 5.74) is 0.628. The third kappa shape index (κ3) is 9.49. The minimum atomic E-state index is -1.23. The van der Waals surface area contributed by atoms with Gasteiger partial charge in [0.2, 0.25) is 0 Å². The number of methoxy groups -OCH3 is 4. The summed E-state index contributed by atoms with van der Waals surface area (Å²) in [6.45, 7) is 0. The van der Waals surface area contributed by atoms with Gasteiger partial charge in [0.15, 0.2) is 0 Å². The van der Waals surface area contributed by atoms with Gasteiger partial charge in [-0.15, -0.1) is 0 Å². The number of hydrogen-bond acceptors (Lipinski definition) is 10. The van der Waals surface area contributed by atoms with Crippen molar-refractivity contribution in [2.75, 3.05) is 28.4 Å². The molecule has 2 unspecified atom stereocenters. The Kier molecular flexibility index (Phi) is 13.3. The molecule has 2 N–H and O–H groups in total. The molecule has 14 heteroatoms. The van der Waals surface area contributed by atoms with Crippen LogP contribution in [0.4, 0.5) is 0 Å². The van der Waals surface area contributed by atoms with Gasteiger partial charge in [-0.3, -0.25) is 0 Å². The van der Waals surface area contributed by atoms with E-state index in [0.29, 0.717) is 20.1 Å². The van der Waals surface area contributed by atoms with Crippen LogP contribution in [0.5, 0.6) is 0 Å². The van der Waals surface area contributed by atoms with Gasteiger partial charge in [-0.1, -0.05) is 0 Å². The normalized spacial score (nSPS) is 11.8. The summed E-state index contributed by atoms with van der Waals surface area (Å²) >= 11 is -0.595. The zero-order valence-corrected chi connectivity index (χ0v) is 25.5. The topological polar surface area (TPSA) is 163 Å². The molecule has 0 spiro atoms. The van der Waals surface area contributed by atoms with Gasteiger partial charge in [0.25, 0.3) is 0 Å². The molecule has 0 aliphatic rings. The Balaban J connectivity index is 2.22. The van der Waals surface area contributed by atoms with Crippen molar-refractivity contribution in [2.45, 2.75) is 24.9 Å². The number of amides is 2. The van der Waals surface area contributed by atoms with Crippen LogP contribution < -0.4 is 19.6 Å². The molecule has 0 aromatic heterocycles. The number of hydrogen-bond donors (Lipinski definition) is 2. The molecule has 2 rings (SSSR count). The van der Waals surface area contributed by atoms with Crippen molar-refractivity contribution in [3.8, 4) is 0 Å². The molecule has 2 amide bonds. The second-order valence-electron chi connectivity index (χ2n) is 7.82. The Morgan fingerprint density at radius 2 is 0.950 bits per heavy atom. The van der Waals surface area contributed by atoms with E-state index in [4.69, 9.17) is 9.47 Å². The van der Waals surface area contributed by atoms with Gasteiger partial charge < -0.3 is 0 Å². The predicted molar refractivity (Wildman–Crippen MR) is 143 cm³/mol. The molecule has 0 radical (unpaired) electrons. The third-order valence-electron chi connectivity index (χ3n) is 5.26. The van der Waals surface area contributed by atoms with Crippen LogP contribution in [-0.4, -0.2) is 102 Å². The van der Waals surface area contributed by atoms with Crippen LogP contribution in [0, 0.1) is 0 Å². The van der Waals surface area contributed by atoms with Crippen LogP contribution in [0.3, 0.4) is 0 Å². The van der Waals surface area contributed by atoms with Gasteiger partial charge in [-0.05, 0) is 0 Å². The van der Waals surface area contributed by atoms with Crippen LogP contribution in [0.2, 0.25) is 0 Å². The average molecular weight is 686 g/mol. The van der Waals surface area contributed by atoms with E-state index < -0.39 is 60.6 Å². The Labute approximate surface area is 241 Å². The van der Waals surface area contributed by atoms with Crippen molar-refractivity contribution in [3.05, 3.63) is 59.7 Å². The molecule has 214 valence electrons. The van der Waals surface area contributed by atoms with E-state index in [2.05, 4.69) is 20.1 Å². The van der Waals surface area contributed by atoms with E-state index in [-0.39, 0.29) is 26.3 Å². The zero-order valence-electron chi connectivity index (χ0n) is 22.1. The van der Waals surface area contributed by atoms with E-state index in [9.17, 15) is 28.8 Å². The zero-order chi connectivity index (χ0) is 29.7. The van der Waals surface area contributed by atoms with Gasteiger partial charge in [-0.2, -0.15) is 0 Å². The van der Waals surface area contributed by atoms with Crippen LogP contribution in [0.15, 0.2) is 48.5 Å². The molecule has 0 aliphatic carbocycles. The fourth-order valence-electron chi connectivity index (χ4n) is 3.19.